The minimum Gasteiger partial charge on any atom is -0.392 e. The molecular weight excluding hydrogens is 282 g/mol. The number of hydrogen-bond donors (Lipinski definition) is 2. The highest BCUT2D eigenvalue weighted by atomic mass is 16.3. The molecule has 2 aromatic heterocycles. The summed E-state index contributed by atoms with van der Waals surface area (Å²) in [6.45, 7) is 8.81. The molecule has 0 aliphatic carbocycles. The van der Waals surface area contributed by atoms with Crippen molar-refractivity contribution in [1.82, 2.24) is 24.8 Å². The summed E-state index contributed by atoms with van der Waals surface area (Å²) >= 11 is 0. The van der Waals surface area contributed by atoms with Gasteiger partial charge in [0.1, 0.15) is 5.56 Å². The summed E-state index contributed by atoms with van der Waals surface area (Å²) in [6.07, 6.45) is 4.59. The maximum atomic E-state index is 12.1. The molecule has 22 heavy (non-hydrogen) atoms. The largest absolute Gasteiger partial charge is 0.392 e. The molecule has 2 aromatic rings. The SMILES string of the molecule is CCN(CC)Cc1cnc2c(C(=O)NCC(C)O)cnn2c1. The van der Waals surface area contributed by atoms with Gasteiger partial charge in [-0.25, -0.2) is 9.50 Å². The number of rotatable bonds is 7. The summed E-state index contributed by atoms with van der Waals surface area (Å²) in [5.41, 5.74) is 1.98. The van der Waals surface area contributed by atoms with Crippen LogP contribution in [0.5, 0.6) is 0 Å². The van der Waals surface area contributed by atoms with Crippen molar-refractivity contribution in [3.8, 4) is 0 Å². The molecule has 7 nitrogen and oxygen atoms in total. The zero-order valence-corrected chi connectivity index (χ0v) is 13.3. The smallest absolute Gasteiger partial charge is 0.256 e. The van der Waals surface area contributed by atoms with Gasteiger partial charge in [0.2, 0.25) is 0 Å². The Balaban J connectivity index is 2.17. The highest BCUT2D eigenvalue weighted by molar-refractivity contribution is 5.99. The molecule has 0 aliphatic rings. The van der Waals surface area contributed by atoms with E-state index in [0.29, 0.717) is 11.2 Å². The molecule has 0 fully saturated rings. The number of aliphatic hydroxyl groups is 1. The fourth-order valence-corrected chi connectivity index (χ4v) is 2.20. The van der Waals surface area contributed by atoms with Gasteiger partial charge in [-0.3, -0.25) is 9.69 Å². The number of fused-ring (bicyclic) bond motifs is 1. The van der Waals surface area contributed by atoms with Gasteiger partial charge in [-0.1, -0.05) is 13.8 Å². The van der Waals surface area contributed by atoms with Crippen molar-refractivity contribution < 1.29 is 9.90 Å². The van der Waals surface area contributed by atoms with E-state index in [1.54, 1.807) is 17.6 Å². The Labute approximate surface area is 130 Å². The van der Waals surface area contributed by atoms with Crippen LogP contribution in [0.2, 0.25) is 0 Å². The van der Waals surface area contributed by atoms with Crippen LogP contribution in [0.4, 0.5) is 0 Å². The van der Waals surface area contributed by atoms with E-state index in [0.717, 1.165) is 25.2 Å². The fraction of sp³-hybridized carbons (Fsp3) is 0.533. The van der Waals surface area contributed by atoms with Crippen LogP contribution in [0, 0.1) is 0 Å². The third-order valence-electron chi connectivity index (χ3n) is 3.51. The van der Waals surface area contributed by atoms with Crippen LogP contribution in [-0.2, 0) is 6.54 Å². The molecule has 1 unspecified atom stereocenters. The molecule has 2 N–H and O–H groups in total. The van der Waals surface area contributed by atoms with E-state index in [-0.39, 0.29) is 12.5 Å². The van der Waals surface area contributed by atoms with E-state index in [4.69, 9.17) is 0 Å². The monoisotopic (exact) mass is 305 g/mol. The first-order chi connectivity index (χ1) is 10.5. The standard InChI is InChI=1S/C15H23N5O2/c1-4-19(5-2)9-12-7-16-14-13(8-18-20(14)10-12)15(22)17-6-11(3)21/h7-8,10-11,21H,4-6,9H2,1-3H3,(H,17,22). The lowest BCUT2D eigenvalue weighted by molar-refractivity contribution is 0.0925. The maximum absolute atomic E-state index is 12.1. The molecule has 0 aromatic carbocycles. The van der Waals surface area contributed by atoms with Gasteiger partial charge >= 0.3 is 0 Å². The van der Waals surface area contributed by atoms with Gasteiger partial charge in [0, 0.05) is 31.0 Å². The van der Waals surface area contributed by atoms with Crippen molar-refractivity contribution in [2.45, 2.75) is 33.4 Å². The van der Waals surface area contributed by atoms with Crippen LogP contribution < -0.4 is 5.32 Å². The summed E-state index contributed by atoms with van der Waals surface area (Å²) < 4.78 is 1.62. The van der Waals surface area contributed by atoms with Crippen LogP contribution in [0.1, 0.15) is 36.7 Å². The molecular formula is C15H23N5O2. The molecule has 0 aliphatic heterocycles. The van der Waals surface area contributed by atoms with E-state index in [2.05, 4.69) is 34.1 Å². The van der Waals surface area contributed by atoms with Gasteiger partial charge in [0.15, 0.2) is 5.65 Å². The number of carbonyl (C=O) groups is 1. The van der Waals surface area contributed by atoms with E-state index < -0.39 is 6.10 Å². The molecule has 0 radical (unpaired) electrons. The molecule has 1 atom stereocenters. The van der Waals surface area contributed by atoms with Crippen LogP contribution in [0.15, 0.2) is 18.6 Å². The zero-order chi connectivity index (χ0) is 16.1. The number of carbonyl (C=O) groups excluding carboxylic acids is 1. The number of nitrogens with zero attached hydrogens (tertiary/aromatic N) is 4. The number of aromatic nitrogens is 3. The predicted octanol–water partition coefficient (Wildman–Crippen LogP) is 0.682. The highest BCUT2D eigenvalue weighted by Crippen LogP contribution is 2.10. The minimum absolute atomic E-state index is 0.205. The van der Waals surface area contributed by atoms with Crippen molar-refractivity contribution in [3.63, 3.8) is 0 Å². The first-order valence-corrected chi connectivity index (χ1v) is 7.56. The molecule has 1 amide bonds. The Morgan fingerprint density at radius 3 is 2.77 bits per heavy atom. The molecule has 0 saturated heterocycles. The second-order valence-corrected chi connectivity index (χ2v) is 5.31. The van der Waals surface area contributed by atoms with Crippen molar-refractivity contribution in [3.05, 3.63) is 29.7 Å². The summed E-state index contributed by atoms with van der Waals surface area (Å²) in [4.78, 5) is 18.7. The maximum Gasteiger partial charge on any atom is 0.256 e. The fourth-order valence-electron chi connectivity index (χ4n) is 2.20. The summed E-state index contributed by atoms with van der Waals surface area (Å²) in [5.74, 6) is -0.278. The summed E-state index contributed by atoms with van der Waals surface area (Å²) in [7, 11) is 0. The van der Waals surface area contributed by atoms with Gasteiger partial charge in [0.05, 0.1) is 12.3 Å². The zero-order valence-electron chi connectivity index (χ0n) is 13.3. The molecule has 7 heteroatoms. The lowest BCUT2D eigenvalue weighted by Crippen LogP contribution is -2.30. The molecule has 120 valence electrons. The minimum atomic E-state index is -0.584. The predicted molar refractivity (Wildman–Crippen MR) is 83.6 cm³/mol. The van der Waals surface area contributed by atoms with Crippen LogP contribution >= 0.6 is 0 Å². The lowest BCUT2D eigenvalue weighted by atomic mass is 10.3. The normalized spacial score (nSPS) is 12.8. The van der Waals surface area contributed by atoms with Crippen molar-refractivity contribution in [2.24, 2.45) is 0 Å². The molecule has 2 heterocycles. The topological polar surface area (TPSA) is 82.8 Å². The van der Waals surface area contributed by atoms with Crippen molar-refractivity contribution in [1.29, 1.82) is 0 Å². The Hall–Kier alpha value is -1.99. The number of aliphatic hydroxyl groups excluding tert-OH is 1. The molecule has 0 bridgehead atoms. The van der Waals surface area contributed by atoms with Gasteiger partial charge in [-0.2, -0.15) is 5.10 Å². The van der Waals surface area contributed by atoms with Crippen molar-refractivity contribution in [2.75, 3.05) is 19.6 Å². The average molecular weight is 305 g/mol. The molecule has 0 saturated carbocycles. The second kappa shape index (κ2) is 7.33. The Morgan fingerprint density at radius 1 is 1.41 bits per heavy atom. The van der Waals surface area contributed by atoms with Gasteiger partial charge < -0.3 is 10.4 Å². The van der Waals surface area contributed by atoms with Crippen molar-refractivity contribution >= 4 is 11.6 Å². The highest BCUT2D eigenvalue weighted by Gasteiger charge is 2.14. The van der Waals surface area contributed by atoms with Crippen LogP contribution in [-0.4, -0.2) is 56.2 Å². The van der Waals surface area contributed by atoms with Crippen LogP contribution in [0.25, 0.3) is 5.65 Å². The summed E-state index contributed by atoms with van der Waals surface area (Å²) in [6, 6.07) is 0. The number of hydrogen-bond acceptors (Lipinski definition) is 5. The first-order valence-electron chi connectivity index (χ1n) is 7.56. The van der Waals surface area contributed by atoms with E-state index in [1.165, 1.54) is 6.20 Å². The quantitative estimate of drug-likeness (QED) is 0.786. The van der Waals surface area contributed by atoms with E-state index >= 15 is 0 Å². The average Bonchev–Trinajstić information content (AvgIpc) is 2.93. The Morgan fingerprint density at radius 2 is 2.14 bits per heavy atom. The molecule has 2 rings (SSSR count). The first kappa shape index (κ1) is 16.4. The van der Waals surface area contributed by atoms with E-state index in [9.17, 15) is 9.90 Å². The van der Waals surface area contributed by atoms with Gasteiger partial charge in [0.25, 0.3) is 5.91 Å². The summed E-state index contributed by atoms with van der Waals surface area (Å²) in [5, 5.41) is 16.1. The van der Waals surface area contributed by atoms with Gasteiger partial charge in [-0.15, -0.1) is 0 Å². The Bertz CT molecular complexity index is 634. The second-order valence-electron chi connectivity index (χ2n) is 5.31. The number of amides is 1. The lowest BCUT2D eigenvalue weighted by Gasteiger charge is -2.17. The third kappa shape index (κ3) is 3.80. The number of nitrogens with one attached hydrogen (secondary N) is 1. The van der Waals surface area contributed by atoms with Gasteiger partial charge in [-0.05, 0) is 20.0 Å². The molecule has 0 spiro atoms. The third-order valence-corrected chi connectivity index (χ3v) is 3.51. The van der Waals surface area contributed by atoms with Crippen LogP contribution in [0.3, 0.4) is 0 Å². The Kier molecular flexibility index (Phi) is 5.46. The van der Waals surface area contributed by atoms with E-state index in [1.807, 2.05) is 6.20 Å².